The van der Waals surface area contributed by atoms with E-state index in [-0.39, 0.29) is 18.2 Å². The molecule has 0 saturated carbocycles. The van der Waals surface area contributed by atoms with E-state index in [1.807, 2.05) is 0 Å². The molecule has 5 heteroatoms. The standard InChI is InChI=1S/C13H15BrClF2N/c14-11-4-5-12(16)10(13(11)17)8-18-6-2-1-3-9(18)7-15/h4-5,9H,1-3,6-8H2. The van der Waals surface area contributed by atoms with Crippen LogP contribution in [-0.4, -0.2) is 23.4 Å². The van der Waals surface area contributed by atoms with Crippen molar-refractivity contribution in [3.8, 4) is 0 Å². The summed E-state index contributed by atoms with van der Waals surface area (Å²) >= 11 is 9.00. The highest BCUT2D eigenvalue weighted by molar-refractivity contribution is 9.10. The molecule has 1 aliphatic rings. The monoisotopic (exact) mass is 337 g/mol. The molecule has 18 heavy (non-hydrogen) atoms. The van der Waals surface area contributed by atoms with Crippen LogP contribution in [0.3, 0.4) is 0 Å². The van der Waals surface area contributed by atoms with Gasteiger partial charge in [0.05, 0.1) is 4.47 Å². The highest BCUT2D eigenvalue weighted by Gasteiger charge is 2.24. The molecule has 0 bridgehead atoms. The minimum atomic E-state index is -0.506. The maximum Gasteiger partial charge on any atom is 0.144 e. The molecule has 1 unspecified atom stereocenters. The molecule has 1 aromatic rings. The number of benzene rings is 1. The van der Waals surface area contributed by atoms with Gasteiger partial charge in [-0.05, 0) is 47.4 Å². The summed E-state index contributed by atoms with van der Waals surface area (Å²) in [6.45, 7) is 1.14. The van der Waals surface area contributed by atoms with Gasteiger partial charge in [0.25, 0.3) is 0 Å². The lowest BCUT2D eigenvalue weighted by atomic mass is 10.0. The van der Waals surface area contributed by atoms with Crippen molar-refractivity contribution in [1.29, 1.82) is 0 Å². The molecule has 2 rings (SSSR count). The van der Waals surface area contributed by atoms with E-state index in [2.05, 4.69) is 20.8 Å². The molecule has 100 valence electrons. The number of halogens is 4. The molecule has 1 fully saturated rings. The molecule has 1 aliphatic heterocycles. The zero-order valence-electron chi connectivity index (χ0n) is 9.93. The van der Waals surface area contributed by atoms with Crippen molar-refractivity contribution in [3.05, 3.63) is 33.8 Å². The molecule has 0 spiro atoms. The fraction of sp³-hybridized carbons (Fsp3) is 0.538. The smallest absolute Gasteiger partial charge is 0.144 e. The van der Waals surface area contributed by atoms with Crippen LogP contribution in [0.2, 0.25) is 0 Å². The molecule has 1 aromatic carbocycles. The van der Waals surface area contributed by atoms with Gasteiger partial charge in [-0.15, -0.1) is 11.6 Å². The molecular weight excluding hydrogens is 324 g/mol. The fourth-order valence-corrected chi connectivity index (χ4v) is 3.08. The van der Waals surface area contributed by atoms with Crippen LogP contribution in [0.4, 0.5) is 8.78 Å². The van der Waals surface area contributed by atoms with Crippen molar-refractivity contribution in [2.75, 3.05) is 12.4 Å². The van der Waals surface area contributed by atoms with Gasteiger partial charge in [0.15, 0.2) is 0 Å². The first-order valence-corrected chi connectivity index (χ1v) is 7.38. The number of likely N-dealkylation sites (tertiary alicyclic amines) is 1. The van der Waals surface area contributed by atoms with Crippen LogP contribution in [0, 0.1) is 11.6 Å². The van der Waals surface area contributed by atoms with Gasteiger partial charge in [0.2, 0.25) is 0 Å². The van der Waals surface area contributed by atoms with E-state index in [1.54, 1.807) is 0 Å². The number of piperidine rings is 1. The van der Waals surface area contributed by atoms with E-state index < -0.39 is 11.6 Å². The maximum atomic E-state index is 13.9. The quantitative estimate of drug-likeness (QED) is 0.586. The zero-order valence-corrected chi connectivity index (χ0v) is 12.3. The van der Waals surface area contributed by atoms with Crippen LogP contribution in [-0.2, 0) is 6.54 Å². The van der Waals surface area contributed by atoms with Gasteiger partial charge in [-0.3, -0.25) is 4.90 Å². The number of alkyl halides is 1. The van der Waals surface area contributed by atoms with Crippen molar-refractivity contribution in [3.63, 3.8) is 0 Å². The van der Waals surface area contributed by atoms with Crippen LogP contribution < -0.4 is 0 Å². The summed E-state index contributed by atoms with van der Waals surface area (Å²) in [5, 5.41) is 0. The molecule has 1 atom stereocenters. The first-order chi connectivity index (χ1) is 8.63. The molecule has 0 aliphatic carbocycles. The van der Waals surface area contributed by atoms with Crippen molar-refractivity contribution in [2.45, 2.75) is 31.8 Å². The summed E-state index contributed by atoms with van der Waals surface area (Å²) < 4.78 is 27.9. The molecule has 1 heterocycles. The van der Waals surface area contributed by atoms with Crippen molar-refractivity contribution in [2.24, 2.45) is 0 Å². The molecule has 0 aromatic heterocycles. The normalized spacial score (nSPS) is 21.2. The number of rotatable bonds is 3. The number of nitrogens with zero attached hydrogens (tertiary/aromatic N) is 1. The van der Waals surface area contributed by atoms with Crippen LogP contribution >= 0.6 is 27.5 Å². The Morgan fingerprint density at radius 1 is 1.33 bits per heavy atom. The minimum Gasteiger partial charge on any atom is -0.295 e. The van der Waals surface area contributed by atoms with Gasteiger partial charge in [-0.25, -0.2) is 8.78 Å². The second kappa shape index (κ2) is 6.31. The van der Waals surface area contributed by atoms with Crippen LogP contribution in [0.1, 0.15) is 24.8 Å². The molecule has 0 N–H and O–H groups in total. The largest absolute Gasteiger partial charge is 0.295 e. The summed E-state index contributed by atoms with van der Waals surface area (Å²) in [5.41, 5.74) is 0.126. The van der Waals surface area contributed by atoms with Crippen LogP contribution in [0.25, 0.3) is 0 Å². The molecular formula is C13H15BrClF2N. The minimum absolute atomic E-state index is 0.126. The van der Waals surface area contributed by atoms with Gasteiger partial charge in [-0.2, -0.15) is 0 Å². The predicted molar refractivity (Wildman–Crippen MR) is 72.8 cm³/mol. The number of hydrogen-bond donors (Lipinski definition) is 0. The lowest BCUT2D eigenvalue weighted by molar-refractivity contribution is 0.151. The highest BCUT2D eigenvalue weighted by Crippen LogP contribution is 2.26. The summed E-state index contributed by atoms with van der Waals surface area (Å²) in [6.07, 6.45) is 3.20. The molecule has 0 radical (unpaired) electrons. The summed E-state index contributed by atoms with van der Waals surface area (Å²) in [5.74, 6) is -0.486. The third-order valence-electron chi connectivity index (χ3n) is 3.43. The Morgan fingerprint density at radius 2 is 2.11 bits per heavy atom. The Labute approximate surface area is 119 Å². The van der Waals surface area contributed by atoms with Gasteiger partial charge in [-0.1, -0.05) is 6.42 Å². The van der Waals surface area contributed by atoms with Gasteiger partial charge in [0, 0.05) is 24.0 Å². The van der Waals surface area contributed by atoms with E-state index in [1.165, 1.54) is 12.1 Å². The second-order valence-corrected chi connectivity index (χ2v) is 5.76. The van der Waals surface area contributed by atoms with Gasteiger partial charge < -0.3 is 0 Å². The molecule has 1 saturated heterocycles. The third kappa shape index (κ3) is 3.03. The first kappa shape index (κ1) is 14.2. The average Bonchev–Trinajstić information content (AvgIpc) is 2.39. The Balaban J connectivity index is 2.20. The topological polar surface area (TPSA) is 3.24 Å². The lowest BCUT2D eigenvalue weighted by Gasteiger charge is -2.34. The Kier molecular flexibility index (Phi) is 4.98. The summed E-state index contributed by atoms with van der Waals surface area (Å²) in [4.78, 5) is 2.07. The zero-order chi connectivity index (χ0) is 13.1. The van der Waals surface area contributed by atoms with E-state index in [0.717, 1.165) is 25.8 Å². The van der Waals surface area contributed by atoms with E-state index in [9.17, 15) is 8.78 Å². The number of hydrogen-bond acceptors (Lipinski definition) is 1. The lowest BCUT2D eigenvalue weighted by Crippen LogP contribution is -2.40. The Hall–Kier alpha value is -0.190. The second-order valence-electron chi connectivity index (χ2n) is 4.60. The van der Waals surface area contributed by atoms with Crippen LogP contribution in [0.15, 0.2) is 16.6 Å². The third-order valence-corrected chi connectivity index (χ3v) is 4.40. The van der Waals surface area contributed by atoms with Crippen molar-refractivity contribution < 1.29 is 8.78 Å². The average molecular weight is 339 g/mol. The van der Waals surface area contributed by atoms with Crippen molar-refractivity contribution >= 4 is 27.5 Å². The van der Waals surface area contributed by atoms with E-state index in [4.69, 9.17) is 11.6 Å². The predicted octanol–water partition coefficient (Wildman–Crippen LogP) is 4.32. The van der Waals surface area contributed by atoms with E-state index in [0.29, 0.717) is 10.4 Å². The Morgan fingerprint density at radius 3 is 2.83 bits per heavy atom. The Bertz CT molecular complexity index is 428. The van der Waals surface area contributed by atoms with Crippen molar-refractivity contribution in [1.82, 2.24) is 4.90 Å². The molecule has 1 nitrogen and oxygen atoms in total. The van der Waals surface area contributed by atoms with Gasteiger partial charge in [0.1, 0.15) is 11.6 Å². The van der Waals surface area contributed by atoms with Crippen LogP contribution in [0.5, 0.6) is 0 Å². The summed E-state index contributed by atoms with van der Waals surface area (Å²) in [7, 11) is 0. The SMILES string of the molecule is Fc1ccc(Br)c(F)c1CN1CCCCC1CCl. The first-order valence-electron chi connectivity index (χ1n) is 6.06. The van der Waals surface area contributed by atoms with Gasteiger partial charge >= 0.3 is 0 Å². The maximum absolute atomic E-state index is 13.9. The molecule has 0 amide bonds. The highest BCUT2D eigenvalue weighted by atomic mass is 79.9. The fourth-order valence-electron chi connectivity index (χ4n) is 2.36. The van der Waals surface area contributed by atoms with E-state index >= 15 is 0 Å². The summed E-state index contributed by atoms with van der Waals surface area (Å²) in [6, 6.07) is 2.91.